The Balaban J connectivity index is 1.49. The maximum Gasteiger partial charge on any atom is 0.266 e. The SMILES string of the molecule is CCOc1ccc(N2C(=O)c3ccc(C(=O)NCC(C)c4ccccc4)cc3C2=O)cc1. The van der Waals surface area contributed by atoms with Gasteiger partial charge < -0.3 is 10.1 Å². The minimum atomic E-state index is -0.443. The summed E-state index contributed by atoms with van der Waals surface area (Å²) in [6, 6.07) is 21.3. The summed E-state index contributed by atoms with van der Waals surface area (Å²) in [5.41, 5.74) is 2.46. The van der Waals surface area contributed by atoms with Gasteiger partial charge >= 0.3 is 0 Å². The van der Waals surface area contributed by atoms with Crippen molar-refractivity contribution in [3.63, 3.8) is 0 Å². The average Bonchev–Trinajstić information content (AvgIpc) is 3.08. The molecule has 0 fully saturated rings. The van der Waals surface area contributed by atoms with Crippen LogP contribution in [0.15, 0.2) is 72.8 Å². The molecule has 32 heavy (non-hydrogen) atoms. The Labute approximate surface area is 186 Å². The van der Waals surface area contributed by atoms with Crippen LogP contribution in [0.2, 0.25) is 0 Å². The minimum Gasteiger partial charge on any atom is -0.494 e. The van der Waals surface area contributed by atoms with E-state index in [1.807, 2.05) is 44.2 Å². The number of nitrogens with one attached hydrogen (secondary N) is 1. The van der Waals surface area contributed by atoms with Gasteiger partial charge in [0.05, 0.1) is 23.4 Å². The van der Waals surface area contributed by atoms with Gasteiger partial charge in [0, 0.05) is 12.1 Å². The van der Waals surface area contributed by atoms with Crippen LogP contribution in [0.25, 0.3) is 0 Å². The first kappa shape index (κ1) is 21.3. The summed E-state index contributed by atoms with van der Waals surface area (Å²) in [4.78, 5) is 39.6. The van der Waals surface area contributed by atoms with E-state index >= 15 is 0 Å². The monoisotopic (exact) mass is 428 g/mol. The number of hydrogen-bond acceptors (Lipinski definition) is 4. The third-order valence-electron chi connectivity index (χ3n) is 5.49. The molecular formula is C26H24N2O4. The number of anilines is 1. The molecule has 1 N–H and O–H groups in total. The summed E-state index contributed by atoms with van der Waals surface area (Å²) in [7, 11) is 0. The molecule has 6 heteroatoms. The molecule has 1 aliphatic rings. The molecule has 1 atom stereocenters. The van der Waals surface area contributed by atoms with Gasteiger partial charge in [-0.1, -0.05) is 37.3 Å². The smallest absolute Gasteiger partial charge is 0.266 e. The quantitative estimate of drug-likeness (QED) is 0.565. The average molecular weight is 428 g/mol. The normalized spacial score (nSPS) is 13.6. The molecule has 3 amide bonds. The van der Waals surface area contributed by atoms with Crippen LogP contribution in [0.5, 0.6) is 5.75 Å². The fraction of sp³-hybridized carbons (Fsp3) is 0.192. The first-order valence-corrected chi connectivity index (χ1v) is 10.6. The fourth-order valence-electron chi connectivity index (χ4n) is 3.72. The summed E-state index contributed by atoms with van der Waals surface area (Å²) in [5, 5.41) is 2.91. The number of carbonyl (C=O) groups excluding carboxylic acids is 3. The zero-order chi connectivity index (χ0) is 22.7. The van der Waals surface area contributed by atoms with Crippen LogP contribution in [-0.2, 0) is 0 Å². The zero-order valence-corrected chi connectivity index (χ0v) is 18.0. The van der Waals surface area contributed by atoms with E-state index < -0.39 is 11.8 Å². The van der Waals surface area contributed by atoms with Crippen LogP contribution in [-0.4, -0.2) is 30.9 Å². The number of ether oxygens (including phenoxy) is 1. The van der Waals surface area contributed by atoms with Crippen molar-refractivity contribution < 1.29 is 19.1 Å². The standard InChI is InChI=1S/C26H24N2O4/c1-3-32-21-12-10-20(11-13-21)28-25(30)22-14-9-19(15-23(22)26(28)31)24(29)27-16-17(2)18-7-5-4-6-8-18/h4-15,17H,3,16H2,1-2H3,(H,27,29). The number of carbonyl (C=O) groups is 3. The molecule has 6 nitrogen and oxygen atoms in total. The molecule has 0 saturated heterocycles. The van der Waals surface area contributed by atoms with Crippen molar-refractivity contribution in [2.24, 2.45) is 0 Å². The largest absolute Gasteiger partial charge is 0.494 e. The lowest BCUT2D eigenvalue weighted by Gasteiger charge is -2.14. The molecule has 3 aromatic carbocycles. The summed E-state index contributed by atoms with van der Waals surface area (Å²) < 4.78 is 5.42. The number of rotatable bonds is 7. The predicted octanol–water partition coefficient (Wildman–Crippen LogP) is 4.42. The third kappa shape index (κ3) is 4.12. The first-order chi connectivity index (χ1) is 15.5. The molecule has 0 radical (unpaired) electrons. The molecule has 1 unspecified atom stereocenters. The van der Waals surface area contributed by atoms with Crippen molar-refractivity contribution in [3.8, 4) is 5.75 Å². The Bertz CT molecular complexity index is 1160. The lowest BCUT2D eigenvalue weighted by Crippen LogP contribution is -2.29. The fourth-order valence-corrected chi connectivity index (χ4v) is 3.72. The molecule has 0 aliphatic carbocycles. The summed E-state index contributed by atoms with van der Waals surface area (Å²) in [6.07, 6.45) is 0. The van der Waals surface area contributed by atoms with Crippen molar-refractivity contribution >= 4 is 23.4 Å². The van der Waals surface area contributed by atoms with Gasteiger partial charge in [-0.3, -0.25) is 14.4 Å². The van der Waals surface area contributed by atoms with Gasteiger partial charge in [0.15, 0.2) is 0 Å². The second-order valence-electron chi connectivity index (χ2n) is 7.65. The molecule has 162 valence electrons. The second kappa shape index (κ2) is 9.06. The van der Waals surface area contributed by atoms with Gasteiger partial charge in [0.25, 0.3) is 17.7 Å². The van der Waals surface area contributed by atoms with Crippen molar-refractivity contribution in [1.82, 2.24) is 5.32 Å². The first-order valence-electron chi connectivity index (χ1n) is 10.6. The Kier molecular flexibility index (Phi) is 6.03. The lowest BCUT2D eigenvalue weighted by atomic mass is 10.0. The van der Waals surface area contributed by atoms with Gasteiger partial charge in [0.1, 0.15) is 5.75 Å². The van der Waals surface area contributed by atoms with E-state index in [4.69, 9.17) is 4.74 Å². The highest BCUT2D eigenvalue weighted by molar-refractivity contribution is 6.34. The van der Waals surface area contributed by atoms with E-state index in [0.717, 1.165) is 10.5 Å². The van der Waals surface area contributed by atoms with Crippen molar-refractivity contribution in [2.45, 2.75) is 19.8 Å². The molecule has 0 aromatic heterocycles. The zero-order valence-electron chi connectivity index (χ0n) is 18.0. The number of hydrogen-bond donors (Lipinski definition) is 1. The second-order valence-corrected chi connectivity index (χ2v) is 7.65. The van der Waals surface area contributed by atoms with E-state index in [-0.39, 0.29) is 23.0 Å². The predicted molar refractivity (Wildman–Crippen MR) is 122 cm³/mol. The van der Waals surface area contributed by atoms with Crippen LogP contribution in [0.4, 0.5) is 5.69 Å². The van der Waals surface area contributed by atoms with Crippen molar-refractivity contribution in [1.29, 1.82) is 0 Å². The molecule has 0 spiro atoms. The minimum absolute atomic E-state index is 0.146. The van der Waals surface area contributed by atoms with E-state index in [1.54, 1.807) is 36.4 Å². The summed E-state index contributed by atoms with van der Waals surface area (Å²) >= 11 is 0. The van der Waals surface area contributed by atoms with E-state index in [9.17, 15) is 14.4 Å². The van der Waals surface area contributed by atoms with Crippen LogP contribution in [0, 0.1) is 0 Å². The van der Waals surface area contributed by atoms with Gasteiger partial charge in [-0.15, -0.1) is 0 Å². The maximum atomic E-state index is 13.0. The Hall–Kier alpha value is -3.93. The number of benzene rings is 3. The molecular weight excluding hydrogens is 404 g/mol. The van der Waals surface area contributed by atoms with E-state index in [2.05, 4.69) is 5.32 Å². The number of imide groups is 1. The number of amides is 3. The van der Waals surface area contributed by atoms with Gasteiger partial charge in [-0.05, 0) is 60.9 Å². The van der Waals surface area contributed by atoms with Crippen LogP contribution in [0.3, 0.4) is 0 Å². The molecule has 1 heterocycles. The molecule has 1 aliphatic heterocycles. The number of nitrogens with zero attached hydrogens (tertiary/aromatic N) is 1. The van der Waals surface area contributed by atoms with Crippen molar-refractivity contribution in [3.05, 3.63) is 95.1 Å². The third-order valence-corrected chi connectivity index (χ3v) is 5.49. The summed E-state index contributed by atoms with van der Waals surface area (Å²) in [5.74, 6) is -0.319. The van der Waals surface area contributed by atoms with Gasteiger partial charge in [0.2, 0.25) is 0 Å². The Morgan fingerprint density at radius 2 is 1.62 bits per heavy atom. The molecule has 0 saturated carbocycles. The van der Waals surface area contributed by atoms with Crippen LogP contribution in [0.1, 0.15) is 56.4 Å². The maximum absolute atomic E-state index is 13.0. The highest BCUT2D eigenvalue weighted by Crippen LogP contribution is 2.30. The molecule has 3 aromatic rings. The number of fused-ring (bicyclic) bond motifs is 1. The highest BCUT2D eigenvalue weighted by Gasteiger charge is 2.37. The van der Waals surface area contributed by atoms with E-state index in [0.29, 0.717) is 30.2 Å². The topological polar surface area (TPSA) is 75.7 Å². The van der Waals surface area contributed by atoms with Crippen molar-refractivity contribution in [2.75, 3.05) is 18.1 Å². The Morgan fingerprint density at radius 3 is 2.31 bits per heavy atom. The van der Waals surface area contributed by atoms with Gasteiger partial charge in [-0.25, -0.2) is 4.90 Å². The Morgan fingerprint density at radius 1 is 0.938 bits per heavy atom. The summed E-state index contributed by atoms with van der Waals surface area (Å²) in [6.45, 7) is 4.91. The highest BCUT2D eigenvalue weighted by atomic mass is 16.5. The molecule has 4 rings (SSSR count). The van der Waals surface area contributed by atoms with Crippen LogP contribution >= 0.6 is 0 Å². The lowest BCUT2D eigenvalue weighted by molar-refractivity contribution is 0.0923. The van der Waals surface area contributed by atoms with E-state index in [1.165, 1.54) is 6.07 Å². The molecule has 0 bridgehead atoms. The van der Waals surface area contributed by atoms with Crippen LogP contribution < -0.4 is 15.0 Å². The van der Waals surface area contributed by atoms with Gasteiger partial charge in [-0.2, -0.15) is 0 Å².